The van der Waals surface area contributed by atoms with Crippen molar-refractivity contribution in [1.29, 1.82) is 0 Å². The molecule has 5 heteroatoms. The number of nitrogens with two attached hydrogens (primary N) is 1. The molecule has 0 spiro atoms. The smallest absolute Gasteiger partial charge is 0.127 e. The Balaban J connectivity index is 1.67. The molecule has 0 aliphatic carbocycles. The molecule has 2 heterocycles. The van der Waals surface area contributed by atoms with Crippen molar-refractivity contribution in [3.8, 4) is 11.5 Å². The zero-order valence-corrected chi connectivity index (χ0v) is 10.9. The number of ether oxygens (including phenoxy) is 2. The molecule has 2 aromatic rings. The molecular weight excluding hydrogens is 242 g/mol. The van der Waals surface area contributed by atoms with Crippen LogP contribution in [0.4, 0.5) is 0 Å². The van der Waals surface area contributed by atoms with Gasteiger partial charge in [-0.3, -0.25) is 4.68 Å². The summed E-state index contributed by atoms with van der Waals surface area (Å²) < 4.78 is 13.1. The third-order valence-corrected chi connectivity index (χ3v) is 3.22. The van der Waals surface area contributed by atoms with Gasteiger partial charge in [0.05, 0.1) is 12.2 Å². The molecular formula is C14H17N3O2. The van der Waals surface area contributed by atoms with Gasteiger partial charge in [0, 0.05) is 29.9 Å². The predicted molar refractivity (Wildman–Crippen MR) is 71.1 cm³/mol. The van der Waals surface area contributed by atoms with Crippen LogP contribution in [-0.4, -0.2) is 16.4 Å². The van der Waals surface area contributed by atoms with Crippen LogP contribution in [0.15, 0.2) is 30.6 Å². The standard InChI is InChI=1S/C14H17N3O2/c1-2-17-7-10(6-16-17)8-18-11-3-4-12-13(15)9-19-14(12)5-11/h3-7,13H,2,8-9,15H2,1H3. The first-order valence-electron chi connectivity index (χ1n) is 6.42. The third kappa shape index (κ3) is 2.42. The van der Waals surface area contributed by atoms with Crippen LogP contribution in [0.2, 0.25) is 0 Å². The number of benzene rings is 1. The largest absolute Gasteiger partial charge is 0.491 e. The fraction of sp³-hybridized carbons (Fsp3) is 0.357. The van der Waals surface area contributed by atoms with E-state index in [1.807, 2.05) is 35.3 Å². The van der Waals surface area contributed by atoms with E-state index in [9.17, 15) is 0 Å². The minimum Gasteiger partial charge on any atom is -0.491 e. The first-order chi connectivity index (χ1) is 9.26. The van der Waals surface area contributed by atoms with Gasteiger partial charge in [-0.15, -0.1) is 0 Å². The first-order valence-corrected chi connectivity index (χ1v) is 6.42. The minimum atomic E-state index is -0.0214. The van der Waals surface area contributed by atoms with Crippen molar-refractivity contribution in [1.82, 2.24) is 9.78 Å². The van der Waals surface area contributed by atoms with Gasteiger partial charge in [-0.1, -0.05) is 0 Å². The van der Waals surface area contributed by atoms with Crippen molar-refractivity contribution in [3.63, 3.8) is 0 Å². The maximum absolute atomic E-state index is 5.90. The number of nitrogens with zero attached hydrogens (tertiary/aromatic N) is 2. The number of aryl methyl sites for hydroxylation is 1. The van der Waals surface area contributed by atoms with Gasteiger partial charge in [-0.2, -0.15) is 5.10 Å². The molecule has 0 bridgehead atoms. The molecule has 0 saturated heterocycles. The Hall–Kier alpha value is -2.01. The summed E-state index contributed by atoms with van der Waals surface area (Å²) in [5.74, 6) is 1.62. The molecule has 1 unspecified atom stereocenters. The topological polar surface area (TPSA) is 62.3 Å². The lowest BCUT2D eigenvalue weighted by atomic mass is 10.1. The quantitative estimate of drug-likeness (QED) is 0.910. The van der Waals surface area contributed by atoms with Crippen LogP contribution in [-0.2, 0) is 13.2 Å². The second kappa shape index (κ2) is 4.93. The van der Waals surface area contributed by atoms with Crippen LogP contribution < -0.4 is 15.2 Å². The Morgan fingerprint density at radius 2 is 2.42 bits per heavy atom. The third-order valence-electron chi connectivity index (χ3n) is 3.22. The maximum atomic E-state index is 5.90. The number of hydrogen-bond donors (Lipinski definition) is 1. The summed E-state index contributed by atoms with van der Waals surface area (Å²) in [7, 11) is 0. The maximum Gasteiger partial charge on any atom is 0.127 e. The molecule has 0 fully saturated rings. The number of fused-ring (bicyclic) bond motifs is 1. The lowest BCUT2D eigenvalue weighted by molar-refractivity contribution is 0.301. The van der Waals surface area contributed by atoms with Crippen molar-refractivity contribution in [2.45, 2.75) is 26.1 Å². The van der Waals surface area contributed by atoms with E-state index in [-0.39, 0.29) is 6.04 Å². The van der Waals surface area contributed by atoms with E-state index in [1.165, 1.54) is 0 Å². The highest BCUT2D eigenvalue weighted by atomic mass is 16.5. The second-order valence-corrected chi connectivity index (χ2v) is 4.61. The van der Waals surface area contributed by atoms with E-state index in [0.717, 1.165) is 29.2 Å². The Morgan fingerprint density at radius 1 is 1.53 bits per heavy atom. The molecule has 1 aliphatic heterocycles. The van der Waals surface area contributed by atoms with Crippen LogP contribution in [0.25, 0.3) is 0 Å². The van der Waals surface area contributed by atoms with Crippen LogP contribution in [0.5, 0.6) is 11.5 Å². The van der Waals surface area contributed by atoms with Gasteiger partial charge in [-0.05, 0) is 19.1 Å². The van der Waals surface area contributed by atoms with E-state index in [1.54, 1.807) is 0 Å². The van der Waals surface area contributed by atoms with Crippen molar-refractivity contribution in [2.75, 3.05) is 6.61 Å². The molecule has 19 heavy (non-hydrogen) atoms. The molecule has 1 aliphatic rings. The highest BCUT2D eigenvalue weighted by Gasteiger charge is 2.20. The molecule has 1 atom stereocenters. The summed E-state index contributed by atoms with van der Waals surface area (Å²) in [5, 5.41) is 4.21. The van der Waals surface area contributed by atoms with Crippen molar-refractivity contribution in [3.05, 3.63) is 41.7 Å². The van der Waals surface area contributed by atoms with Crippen LogP contribution >= 0.6 is 0 Å². The Kier molecular flexibility index (Phi) is 3.13. The highest BCUT2D eigenvalue weighted by molar-refractivity contribution is 5.44. The molecule has 100 valence electrons. The van der Waals surface area contributed by atoms with Gasteiger partial charge >= 0.3 is 0 Å². The van der Waals surface area contributed by atoms with Crippen molar-refractivity contribution in [2.24, 2.45) is 5.73 Å². The molecule has 1 aromatic carbocycles. The van der Waals surface area contributed by atoms with Crippen molar-refractivity contribution < 1.29 is 9.47 Å². The SMILES string of the molecule is CCn1cc(COc2ccc3c(c2)OCC3N)cn1. The summed E-state index contributed by atoms with van der Waals surface area (Å²) in [5.41, 5.74) is 8.01. The Bertz CT molecular complexity index is 580. The molecule has 1 aromatic heterocycles. The van der Waals surface area contributed by atoms with Gasteiger partial charge in [0.2, 0.25) is 0 Å². The van der Waals surface area contributed by atoms with E-state index in [4.69, 9.17) is 15.2 Å². The van der Waals surface area contributed by atoms with E-state index in [2.05, 4.69) is 12.0 Å². The monoisotopic (exact) mass is 259 g/mol. The molecule has 2 N–H and O–H groups in total. The Labute approximate surface area is 111 Å². The van der Waals surface area contributed by atoms with E-state index in [0.29, 0.717) is 13.2 Å². The Morgan fingerprint density at radius 3 is 3.21 bits per heavy atom. The van der Waals surface area contributed by atoms with Crippen molar-refractivity contribution >= 4 is 0 Å². The summed E-state index contributed by atoms with van der Waals surface area (Å²) in [4.78, 5) is 0. The van der Waals surface area contributed by atoms with Gasteiger partial charge in [0.15, 0.2) is 0 Å². The summed E-state index contributed by atoms with van der Waals surface area (Å²) in [6, 6.07) is 5.77. The molecule has 5 nitrogen and oxygen atoms in total. The van der Waals surface area contributed by atoms with Crippen LogP contribution in [0, 0.1) is 0 Å². The van der Waals surface area contributed by atoms with Gasteiger partial charge in [-0.25, -0.2) is 0 Å². The summed E-state index contributed by atoms with van der Waals surface area (Å²) in [6.07, 6.45) is 3.81. The normalized spacial score (nSPS) is 17.1. The fourth-order valence-electron chi connectivity index (χ4n) is 2.13. The van der Waals surface area contributed by atoms with Crippen LogP contribution in [0.1, 0.15) is 24.1 Å². The first kappa shape index (κ1) is 12.0. The molecule has 0 radical (unpaired) electrons. The lowest BCUT2D eigenvalue weighted by Crippen LogP contribution is -2.10. The average Bonchev–Trinajstić information content (AvgIpc) is 3.03. The van der Waals surface area contributed by atoms with Gasteiger partial charge in [0.1, 0.15) is 24.7 Å². The number of aromatic nitrogens is 2. The molecule has 3 rings (SSSR count). The van der Waals surface area contributed by atoms with E-state index < -0.39 is 0 Å². The summed E-state index contributed by atoms with van der Waals surface area (Å²) >= 11 is 0. The molecule has 0 saturated carbocycles. The predicted octanol–water partition coefficient (Wildman–Crippen LogP) is 1.87. The number of hydrogen-bond acceptors (Lipinski definition) is 4. The lowest BCUT2D eigenvalue weighted by Gasteiger charge is -2.06. The average molecular weight is 259 g/mol. The zero-order valence-electron chi connectivity index (χ0n) is 10.9. The fourth-order valence-corrected chi connectivity index (χ4v) is 2.13. The van der Waals surface area contributed by atoms with Gasteiger partial charge < -0.3 is 15.2 Å². The van der Waals surface area contributed by atoms with Gasteiger partial charge in [0.25, 0.3) is 0 Å². The summed E-state index contributed by atoms with van der Waals surface area (Å²) in [6.45, 7) is 3.97. The highest BCUT2D eigenvalue weighted by Crippen LogP contribution is 2.34. The zero-order chi connectivity index (χ0) is 13.2. The van der Waals surface area contributed by atoms with E-state index >= 15 is 0 Å². The second-order valence-electron chi connectivity index (χ2n) is 4.61. The molecule has 0 amide bonds. The van der Waals surface area contributed by atoms with Crippen LogP contribution in [0.3, 0.4) is 0 Å². The number of rotatable bonds is 4. The minimum absolute atomic E-state index is 0.0214.